The van der Waals surface area contributed by atoms with Gasteiger partial charge in [0, 0.05) is 19.4 Å². The molecule has 1 rings (SSSR count). The number of aliphatic hydroxyl groups excluding tert-OH is 2. The smallest absolute Gasteiger partial charge is 0.140 e. The Morgan fingerprint density at radius 1 is 1.55 bits per heavy atom. The minimum absolute atomic E-state index is 0.486. The van der Waals surface area contributed by atoms with Gasteiger partial charge in [0.05, 0.1) is 6.10 Å². The lowest BCUT2D eigenvalue weighted by molar-refractivity contribution is 0.0233. The summed E-state index contributed by atoms with van der Waals surface area (Å²) >= 11 is 0. The van der Waals surface area contributed by atoms with Crippen molar-refractivity contribution in [3.63, 3.8) is 0 Å². The fourth-order valence-corrected chi connectivity index (χ4v) is 0.878. The second-order valence-electron chi connectivity index (χ2n) is 2.58. The van der Waals surface area contributed by atoms with Gasteiger partial charge in [0.1, 0.15) is 11.9 Å². The molecule has 0 saturated heterocycles. The highest BCUT2D eigenvalue weighted by Crippen LogP contribution is 2.12. The first-order valence-corrected chi connectivity index (χ1v) is 3.46. The molecule has 0 aliphatic heterocycles. The largest absolute Gasteiger partial charge is 0.390 e. The van der Waals surface area contributed by atoms with Crippen LogP contribution in [0, 0.1) is 0 Å². The van der Waals surface area contributed by atoms with Crippen molar-refractivity contribution in [2.24, 2.45) is 7.05 Å². The molecule has 0 fully saturated rings. The molecule has 4 heteroatoms. The Labute approximate surface area is 65.1 Å². The normalized spacial score (nSPS) is 16.4. The molecule has 2 atom stereocenters. The predicted molar refractivity (Wildman–Crippen MR) is 39.8 cm³/mol. The van der Waals surface area contributed by atoms with Gasteiger partial charge in [0.25, 0.3) is 0 Å². The first kappa shape index (κ1) is 8.23. The van der Waals surface area contributed by atoms with Crippen LogP contribution >= 0.6 is 0 Å². The van der Waals surface area contributed by atoms with E-state index in [1.54, 1.807) is 24.0 Å². The second-order valence-corrected chi connectivity index (χ2v) is 2.58. The average Bonchev–Trinajstić information content (AvgIpc) is 2.33. The van der Waals surface area contributed by atoms with Crippen LogP contribution in [0.5, 0.6) is 0 Å². The second kappa shape index (κ2) is 3.02. The molecule has 11 heavy (non-hydrogen) atoms. The Morgan fingerprint density at radius 3 is 2.55 bits per heavy atom. The number of rotatable bonds is 2. The molecule has 0 aliphatic carbocycles. The van der Waals surface area contributed by atoms with E-state index in [1.807, 2.05) is 0 Å². The van der Waals surface area contributed by atoms with Gasteiger partial charge in [-0.15, -0.1) is 0 Å². The van der Waals surface area contributed by atoms with Crippen LogP contribution in [-0.2, 0) is 7.05 Å². The van der Waals surface area contributed by atoms with Gasteiger partial charge >= 0.3 is 0 Å². The van der Waals surface area contributed by atoms with Crippen LogP contribution in [-0.4, -0.2) is 25.9 Å². The van der Waals surface area contributed by atoms with Crippen molar-refractivity contribution in [3.05, 3.63) is 18.2 Å². The van der Waals surface area contributed by atoms with Gasteiger partial charge in [-0.05, 0) is 6.92 Å². The number of aromatic nitrogens is 2. The minimum atomic E-state index is -0.894. The van der Waals surface area contributed by atoms with Gasteiger partial charge in [-0.3, -0.25) is 0 Å². The SMILES string of the molecule is C[C@@H](O)C(O)c1nccn1C. The Bertz CT molecular complexity index is 232. The van der Waals surface area contributed by atoms with Crippen molar-refractivity contribution < 1.29 is 10.2 Å². The first-order chi connectivity index (χ1) is 5.13. The highest BCUT2D eigenvalue weighted by molar-refractivity contribution is 4.96. The monoisotopic (exact) mass is 156 g/mol. The topological polar surface area (TPSA) is 58.3 Å². The summed E-state index contributed by atoms with van der Waals surface area (Å²) in [6.45, 7) is 1.53. The Kier molecular flexibility index (Phi) is 2.26. The summed E-state index contributed by atoms with van der Waals surface area (Å²) in [7, 11) is 1.77. The molecule has 0 radical (unpaired) electrons. The summed E-state index contributed by atoms with van der Waals surface area (Å²) in [6, 6.07) is 0. The molecule has 1 unspecified atom stereocenters. The molecule has 1 aromatic heterocycles. The Morgan fingerprint density at radius 2 is 2.18 bits per heavy atom. The number of nitrogens with zero attached hydrogens (tertiary/aromatic N) is 2. The molecule has 0 spiro atoms. The molecule has 0 bridgehead atoms. The minimum Gasteiger partial charge on any atom is -0.390 e. The first-order valence-electron chi connectivity index (χ1n) is 3.46. The van der Waals surface area contributed by atoms with Gasteiger partial charge in [0.15, 0.2) is 0 Å². The van der Waals surface area contributed by atoms with Crippen LogP contribution < -0.4 is 0 Å². The van der Waals surface area contributed by atoms with Gasteiger partial charge in [-0.25, -0.2) is 4.98 Å². The average molecular weight is 156 g/mol. The molecular formula is C7H12N2O2. The van der Waals surface area contributed by atoms with Gasteiger partial charge in [-0.2, -0.15) is 0 Å². The third-order valence-electron chi connectivity index (χ3n) is 1.58. The van der Waals surface area contributed by atoms with E-state index in [0.717, 1.165) is 0 Å². The highest BCUT2D eigenvalue weighted by atomic mass is 16.3. The van der Waals surface area contributed by atoms with E-state index in [4.69, 9.17) is 5.11 Å². The van der Waals surface area contributed by atoms with Gasteiger partial charge in [0.2, 0.25) is 0 Å². The van der Waals surface area contributed by atoms with Crippen molar-refractivity contribution in [3.8, 4) is 0 Å². The summed E-state index contributed by atoms with van der Waals surface area (Å²) in [5.41, 5.74) is 0. The Hall–Kier alpha value is -0.870. The van der Waals surface area contributed by atoms with Crippen LogP contribution in [0.1, 0.15) is 18.9 Å². The lowest BCUT2D eigenvalue weighted by atomic mass is 10.2. The van der Waals surface area contributed by atoms with E-state index in [9.17, 15) is 5.11 Å². The standard InChI is InChI=1S/C7H12N2O2/c1-5(10)6(11)7-8-3-4-9(7)2/h3-6,10-11H,1-2H3/t5-,6?/m1/s1. The van der Waals surface area contributed by atoms with Crippen molar-refractivity contribution in [1.29, 1.82) is 0 Å². The van der Waals surface area contributed by atoms with Crippen LogP contribution in [0.3, 0.4) is 0 Å². The fourth-order valence-electron chi connectivity index (χ4n) is 0.878. The molecule has 1 heterocycles. The number of hydrogen-bond acceptors (Lipinski definition) is 3. The zero-order valence-electron chi connectivity index (χ0n) is 6.60. The maximum Gasteiger partial charge on any atom is 0.140 e. The third-order valence-corrected chi connectivity index (χ3v) is 1.58. The van der Waals surface area contributed by atoms with Crippen LogP contribution in [0.4, 0.5) is 0 Å². The molecule has 0 saturated carbocycles. The van der Waals surface area contributed by atoms with E-state index in [1.165, 1.54) is 6.92 Å². The quantitative estimate of drug-likeness (QED) is 0.625. The van der Waals surface area contributed by atoms with Gasteiger partial charge in [-0.1, -0.05) is 0 Å². The molecule has 2 N–H and O–H groups in total. The summed E-state index contributed by atoms with van der Waals surface area (Å²) in [5.74, 6) is 0.486. The molecule has 4 nitrogen and oxygen atoms in total. The summed E-state index contributed by atoms with van der Waals surface area (Å²) in [6.07, 6.45) is 1.63. The zero-order chi connectivity index (χ0) is 8.43. The van der Waals surface area contributed by atoms with E-state index < -0.39 is 12.2 Å². The van der Waals surface area contributed by atoms with E-state index >= 15 is 0 Å². The molecule has 0 aliphatic rings. The zero-order valence-corrected chi connectivity index (χ0v) is 6.60. The van der Waals surface area contributed by atoms with E-state index in [2.05, 4.69) is 4.98 Å². The molecule has 0 aromatic carbocycles. The van der Waals surface area contributed by atoms with Crippen LogP contribution in [0.25, 0.3) is 0 Å². The molecule has 62 valence electrons. The molecular weight excluding hydrogens is 144 g/mol. The molecule has 0 amide bonds. The number of aliphatic hydroxyl groups is 2. The highest BCUT2D eigenvalue weighted by Gasteiger charge is 2.16. The fraction of sp³-hybridized carbons (Fsp3) is 0.571. The van der Waals surface area contributed by atoms with E-state index in [0.29, 0.717) is 5.82 Å². The Balaban J connectivity index is 2.84. The predicted octanol–water partition coefficient (Wildman–Crippen LogP) is -0.166. The van der Waals surface area contributed by atoms with Crippen LogP contribution in [0.15, 0.2) is 12.4 Å². The van der Waals surface area contributed by atoms with Crippen molar-refractivity contribution in [2.45, 2.75) is 19.1 Å². The number of aryl methyl sites for hydroxylation is 1. The van der Waals surface area contributed by atoms with Crippen molar-refractivity contribution >= 4 is 0 Å². The summed E-state index contributed by atoms with van der Waals surface area (Å²) in [4.78, 5) is 3.89. The maximum absolute atomic E-state index is 9.33. The molecule has 1 aromatic rings. The lowest BCUT2D eigenvalue weighted by Crippen LogP contribution is -2.17. The number of imidazole rings is 1. The van der Waals surface area contributed by atoms with Crippen molar-refractivity contribution in [2.75, 3.05) is 0 Å². The number of hydrogen-bond donors (Lipinski definition) is 2. The maximum atomic E-state index is 9.33. The summed E-state index contributed by atoms with van der Waals surface area (Å²) in [5, 5.41) is 18.3. The summed E-state index contributed by atoms with van der Waals surface area (Å²) < 4.78 is 1.68. The lowest BCUT2D eigenvalue weighted by Gasteiger charge is -2.12. The van der Waals surface area contributed by atoms with Crippen molar-refractivity contribution in [1.82, 2.24) is 9.55 Å². The van der Waals surface area contributed by atoms with E-state index in [-0.39, 0.29) is 0 Å². The third kappa shape index (κ3) is 1.58. The van der Waals surface area contributed by atoms with Crippen LogP contribution in [0.2, 0.25) is 0 Å². The van der Waals surface area contributed by atoms with Gasteiger partial charge < -0.3 is 14.8 Å².